The highest BCUT2D eigenvalue weighted by Crippen LogP contribution is 2.27. The maximum atomic E-state index is 5.90. The van der Waals surface area contributed by atoms with Crippen molar-refractivity contribution in [3.63, 3.8) is 0 Å². The van der Waals surface area contributed by atoms with Crippen molar-refractivity contribution in [3.05, 3.63) is 34.0 Å². The van der Waals surface area contributed by atoms with Gasteiger partial charge < -0.3 is 5.32 Å². The predicted octanol–water partition coefficient (Wildman–Crippen LogP) is 4.41. The minimum atomic E-state index is 0.377. The molecule has 0 saturated heterocycles. The lowest BCUT2D eigenvalue weighted by Crippen LogP contribution is -2.28. The van der Waals surface area contributed by atoms with Crippen LogP contribution in [0.1, 0.15) is 37.6 Å². The molecule has 1 aromatic heterocycles. The normalized spacial score (nSPS) is 14.9. The van der Waals surface area contributed by atoms with Crippen LogP contribution < -0.4 is 5.32 Å². The van der Waals surface area contributed by atoms with Gasteiger partial charge in [-0.1, -0.05) is 17.7 Å². The highest BCUT2D eigenvalue weighted by molar-refractivity contribution is 7.16. The van der Waals surface area contributed by atoms with E-state index in [2.05, 4.69) is 31.8 Å². The van der Waals surface area contributed by atoms with Crippen molar-refractivity contribution in [1.82, 2.24) is 5.32 Å². The Morgan fingerprint density at radius 3 is 2.80 bits per heavy atom. The van der Waals surface area contributed by atoms with Crippen LogP contribution in [0.4, 0.5) is 0 Å². The van der Waals surface area contributed by atoms with Gasteiger partial charge in [0, 0.05) is 17.0 Å². The first-order valence-corrected chi connectivity index (χ1v) is 6.45. The summed E-state index contributed by atoms with van der Waals surface area (Å²) in [5.74, 6) is 0. The van der Waals surface area contributed by atoms with Gasteiger partial charge in [0.2, 0.25) is 0 Å². The molecule has 0 amide bonds. The predicted molar refractivity (Wildman–Crippen MR) is 69.8 cm³/mol. The van der Waals surface area contributed by atoms with Gasteiger partial charge >= 0.3 is 0 Å². The minimum Gasteiger partial charge on any atom is -0.307 e. The minimum absolute atomic E-state index is 0.377. The van der Waals surface area contributed by atoms with Crippen LogP contribution in [0, 0.1) is 0 Å². The molecule has 84 valence electrons. The molecule has 0 radical (unpaired) electrons. The Hall–Kier alpha value is -0.310. The zero-order valence-electron chi connectivity index (χ0n) is 9.29. The van der Waals surface area contributed by atoms with Gasteiger partial charge in [0.25, 0.3) is 0 Å². The Bertz CT molecular complexity index is 308. The van der Waals surface area contributed by atoms with E-state index in [0.29, 0.717) is 12.1 Å². The van der Waals surface area contributed by atoms with Gasteiger partial charge in [-0.3, -0.25) is 0 Å². The number of hydrogen-bond donors (Lipinski definition) is 1. The van der Waals surface area contributed by atoms with Crippen molar-refractivity contribution < 1.29 is 0 Å². The molecule has 3 heteroatoms. The standard InChI is InChI=1S/C12H18ClNS/c1-4-5-6-9(2)14-10(3)11-7-8-12(13)15-11/h4,7-10,14H,1,5-6H2,2-3H3. The van der Waals surface area contributed by atoms with E-state index in [0.717, 1.165) is 17.2 Å². The smallest absolute Gasteiger partial charge is 0.0931 e. The molecule has 1 N–H and O–H groups in total. The van der Waals surface area contributed by atoms with Crippen molar-refractivity contribution in [2.24, 2.45) is 0 Å². The molecule has 0 aliphatic carbocycles. The molecule has 0 spiro atoms. The van der Waals surface area contributed by atoms with Crippen LogP contribution in [0.2, 0.25) is 4.34 Å². The lowest BCUT2D eigenvalue weighted by molar-refractivity contribution is 0.463. The molecule has 0 fully saturated rings. The van der Waals surface area contributed by atoms with Crippen molar-refractivity contribution >= 4 is 22.9 Å². The molecule has 0 aliphatic rings. The summed E-state index contributed by atoms with van der Waals surface area (Å²) in [7, 11) is 0. The zero-order chi connectivity index (χ0) is 11.3. The van der Waals surface area contributed by atoms with Crippen molar-refractivity contribution in [1.29, 1.82) is 0 Å². The Balaban J connectivity index is 2.41. The van der Waals surface area contributed by atoms with Gasteiger partial charge in [-0.15, -0.1) is 17.9 Å². The molecule has 0 aromatic carbocycles. The molecular formula is C12H18ClNS. The average Bonchev–Trinajstić information content (AvgIpc) is 2.61. The summed E-state index contributed by atoms with van der Waals surface area (Å²) < 4.78 is 0.859. The molecule has 2 atom stereocenters. The van der Waals surface area contributed by atoms with Crippen LogP contribution in [0.15, 0.2) is 24.8 Å². The maximum absolute atomic E-state index is 5.90. The van der Waals surface area contributed by atoms with E-state index in [1.54, 1.807) is 11.3 Å². The third-order valence-electron chi connectivity index (χ3n) is 2.36. The number of hydrogen-bond acceptors (Lipinski definition) is 2. The third-order valence-corrected chi connectivity index (χ3v) is 3.77. The van der Waals surface area contributed by atoms with E-state index in [4.69, 9.17) is 11.6 Å². The van der Waals surface area contributed by atoms with E-state index >= 15 is 0 Å². The molecule has 2 unspecified atom stereocenters. The maximum Gasteiger partial charge on any atom is 0.0931 e. The summed E-state index contributed by atoms with van der Waals surface area (Å²) in [4.78, 5) is 1.30. The Labute approximate surface area is 101 Å². The zero-order valence-corrected chi connectivity index (χ0v) is 10.9. The fourth-order valence-electron chi connectivity index (χ4n) is 1.52. The lowest BCUT2D eigenvalue weighted by Gasteiger charge is -2.18. The number of allylic oxidation sites excluding steroid dienone is 1. The fourth-order valence-corrected chi connectivity index (χ4v) is 2.59. The van der Waals surface area contributed by atoms with E-state index in [9.17, 15) is 0 Å². The second-order valence-corrected chi connectivity index (χ2v) is 5.54. The lowest BCUT2D eigenvalue weighted by atomic mass is 10.1. The molecule has 0 bridgehead atoms. The van der Waals surface area contributed by atoms with E-state index < -0.39 is 0 Å². The Morgan fingerprint density at radius 1 is 1.53 bits per heavy atom. The fraction of sp³-hybridized carbons (Fsp3) is 0.500. The SMILES string of the molecule is C=CCCC(C)NC(C)c1ccc(Cl)s1. The first-order chi connectivity index (χ1) is 7.13. The Morgan fingerprint density at radius 2 is 2.27 bits per heavy atom. The highest BCUT2D eigenvalue weighted by atomic mass is 35.5. The summed E-state index contributed by atoms with van der Waals surface area (Å²) in [5.41, 5.74) is 0. The summed E-state index contributed by atoms with van der Waals surface area (Å²) in [6, 6.07) is 4.93. The molecule has 1 rings (SSSR count). The van der Waals surface area contributed by atoms with Crippen LogP contribution in [0.25, 0.3) is 0 Å². The largest absolute Gasteiger partial charge is 0.307 e. The van der Waals surface area contributed by atoms with Crippen LogP contribution in [-0.4, -0.2) is 6.04 Å². The van der Waals surface area contributed by atoms with Gasteiger partial charge in [0.1, 0.15) is 0 Å². The van der Waals surface area contributed by atoms with Crippen molar-refractivity contribution in [2.75, 3.05) is 0 Å². The molecule has 0 saturated carbocycles. The molecule has 1 heterocycles. The molecule has 1 aromatic rings. The van der Waals surface area contributed by atoms with E-state index in [1.165, 1.54) is 4.88 Å². The number of thiophene rings is 1. The molecule has 1 nitrogen and oxygen atoms in total. The van der Waals surface area contributed by atoms with Gasteiger partial charge in [-0.05, 0) is 38.8 Å². The van der Waals surface area contributed by atoms with Gasteiger partial charge in [0.15, 0.2) is 0 Å². The summed E-state index contributed by atoms with van der Waals surface area (Å²) >= 11 is 7.55. The average molecular weight is 244 g/mol. The highest BCUT2D eigenvalue weighted by Gasteiger charge is 2.10. The summed E-state index contributed by atoms with van der Waals surface area (Å²) in [6.07, 6.45) is 4.16. The van der Waals surface area contributed by atoms with E-state index in [-0.39, 0.29) is 0 Å². The van der Waals surface area contributed by atoms with Crippen LogP contribution in [0.3, 0.4) is 0 Å². The monoisotopic (exact) mass is 243 g/mol. The third kappa shape index (κ3) is 4.37. The van der Waals surface area contributed by atoms with Gasteiger partial charge in [0.05, 0.1) is 4.34 Å². The second-order valence-electron chi connectivity index (χ2n) is 3.80. The van der Waals surface area contributed by atoms with Crippen LogP contribution in [-0.2, 0) is 0 Å². The molecule has 0 aliphatic heterocycles. The van der Waals surface area contributed by atoms with Crippen molar-refractivity contribution in [3.8, 4) is 0 Å². The van der Waals surface area contributed by atoms with Gasteiger partial charge in [-0.2, -0.15) is 0 Å². The van der Waals surface area contributed by atoms with Crippen LogP contribution in [0.5, 0.6) is 0 Å². The van der Waals surface area contributed by atoms with Gasteiger partial charge in [-0.25, -0.2) is 0 Å². The topological polar surface area (TPSA) is 12.0 Å². The first-order valence-electron chi connectivity index (χ1n) is 5.25. The summed E-state index contributed by atoms with van der Waals surface area (Å²) in [6.45, 7) is 8.11. The second kappa shape index (κ2) is 6.31. The van der Waals surface area contributed by atoms with Crippen LogP contribution >= 0.6 is 22.9 Å². The molecule has 15 heavy (non-hydrogen) atoms. The molecular weight excluding hydrogens is 226 g/mol. The summed E-state index contributed by atoms with van der Waals surface area (Å²) in [5, 5.41) is 3.55. The first kappa shape index (κ1) is 12.8. The van der Waals surface area contributed by atoms with Crippen molar-refractivity contribution in [2.45, 2.75) is 38.8 Å². The van der Waals surface area contributed by atoms with E-state index in [1.807, 2.05) is 12.1 Å². The number of halogens is 1. The quantitative estimate of drug-likeness (QED) is 0.730. The number of nitrogens with one attached hydrogen (secondary N) is 1. The Kier molecular flexibility index (Phi) is 5.37. The number of rotatable bonds is 6.